The molecular weight excluding hydrogens is 258 g/mol. The Morgan fingerprint density at radius 3 is 2.44 bits per heavy atom. The Morgan fingerprint density at radius 2 is 1.94 bits per heavy atom. The standard InChI is InChI=1S/C11H15NO5S/c1-16-9-3-4-10(17-2)11(5-9)18(14,15)12-6-8(13)7-12/h3-5,8,13H,6-7H2,1-2H3. The second-order valence-electron chi connectivity index (χ2n) is 3.99. The van der Waals surface area contributed by atoms with Gasteiger partial charge in [0.2, 0.25) is 10.0 Å². The largest absolute Gasteiger partial charge is 0.497 e. The third-order valence-electron chi connectivity index (χ3n) is 2.82. The van der Waals surface area contributed by atoms with Crippen molar-refractivity contribution in [3.8, 4) is 11.5 Å². The number of benzene rings is 1. The molecule has 0 bridgehead atoms. The van der Waals surface area contributed by atoms with Gasteiger partial charge < -0.3 is 14.6 Å². The van der Waals surface area contributed by atoms with Crippen LogP contribution in [0.1, 0.15) is 0 Å². The molecule has 1 aromatic rings. The molecule has 1 saturated heterocycles. The number of hydrogen-bond donors (Lipinski definition) is 1. The second kappa shape index (κ2) is 4.75. The zero-order valence-corrected chi connectivity index (χ0v) is 11.0. The summed E-state index contributed by atoms with van der Waals surface area (Å²) in [5.41, 5.74) is 0. The molecule has 100 valence electrons. The Morgan fingerprint density at radius 1 is 1.28 bits per heavy atom. The summed E-state index contributed by atoms with van der Waals surface area (Å²) in [6.07, 6.45) is -0.587. The molecule has 1 aliphatic heterocycles. The average molecular weight is 273 g/mol. The van der Waals surface area contributed by atoms with E-state index in [1.54, 1.807) is 12.1 Å². The summed E-state index contributed by atoms with van der Waals surface area (Å²) >= 11 is 0. The van der Waals surface area contributed by atoms with Crippen molar-refractivity contribution in [1.82, 2.24) is 4.31 Å². The number of rotatable bonds is 4. The van der Waals surface area contributed by atoms with Gasteiger partial charge in [-0.05, 0) is 12.1 Å². The van der Waals surface area contributed by atoms with Gasteiger partial charge in [-0.3, -0.25) is 0 Å². The topological polar surface area (TPSA) is 76.1 Å². The lowest BCUT2D eigenvalue weighted by Crippen LogP contribution is -2.53. The third kappa shape index (κ3) is 2.16. The van der Waals surface area contributed by atoms with Crippen molar-refractivity contribution < 1.29 is 23.0 Å². The fraction of sp³-hybridized carbons (Fsp3) is 0.455. The zero-order chi connectivity index (χ0) is 13.3. The zero-order valence-electron chi connectivity index (χ0n) is 10.2. The van der Waals surface area contributed by atoms with E-state index in [-0.39, 0.29) is 23.7 Å². The highest BCUT2D eigenvalue weighted by Gasteiger charge is 2.37. The number of aliphatic hydroxyl groups excluding tert-OH is 1. The number of sulfonamides is 1. The van der Waals surface area contributed by atoms with Crippen LogP contribution in [0.25, 0.3) is 0 Å². The molecule has 0 saturated carbocycles. The lowest BCUT2D eigenvalue weighted by Gasteiger charge is -2.34. The quantitative estimate of drug-likeness (QED) is 0.840. The van der Waals surface area contributed by atoms with Crippen molar-refractivity contribution in [3.05, 3.63) is 18.2 Å². The van der Waals surface area contributed by atoms with Crippen molar-refractivity contribution in [1.29, 1.82) is 0 Å². The molecule has 18 heavy (non-hydrogen) atoms. The predicted octanol–water partition coefficient (Wildman–Crippen LogP) is 0.0690. The number of ether oxygens (including phenoxy) is 2. The monoisotopic (exact) mass is 273 g/mol. The van der Waals surface area contributed by atoms with Crippen LogP contribution in [-0.4, -0.2) is 51.2 Å². The molecule has 7 heteroatoms. The van der Waals surface area contributed by atoms with Gasteiger partial charge in [-0.15, -0.1) is 0 Å². The third-order valence-corrected chi connectivity index (χ3v) is 4.67. The summed E-state index contributed by atoms with van der Waals surface area (Å²) in [5, 5.41) is 9.19. The number of β-amino-alcohol motifs (C(OH)–C–C–N with tert-alkyl or cyclic N) is 1. The van der Waals surface area contributed by atoms with Gasteiger partial charge >= 0.3 is 0 Å². The molecule has 6 nitrogen and oxygen atoms in total. The van der Waals surface area contributed by atoms with E-state index in [1.165, 1.54) is 24.6 Å². The molecular formula is C11H15NO5S. The van der Waals surface area contributed by atoms with Gasteiger partial charge in [0.05, 0.1) is 20.3 Å². The molecule has 0 aliphatic carbocycles. The van der Waals surface area contributed by atoms with Gasteiger partial charge in [0, 0.05) is 19.2 Å². The fourth-order valence-corrected chi connectivity index (χ4v) is 3.42. The summed E-state index contributed by atoms with van der Waals surface area (Å²) in [7, 11) is -0.770. The van der Waals surface area contributed by atoms with Crippen LogP contribution in [0.5, 0.6) is 11.5 Å². The van der Waals surface area contributed by atoms with Gasteiger partial charge in [-0.25, -0.2) is 8.42 Å². The molecule has 1 fully saturated rings. The van der Waals surface area contributed by atoms with Gasteiger partial charge in [0.25, 0.3) is 0 Å². The SMILES string of the molecule is COc1ccc(OC)c(S(=O)(=O)N2CC(O)C2)c1. The van der Waals surface area contributed by atoms with Crippen LogP contribution in [0.4, 0.5) is 0 Å². The Labute approximate surface area is 106 Å². The minimum Gasteiger partial charge on any atom is -0.497 e. The van der Waals surface area contributed by atoms with E-state index in [2.05, 4.69) is 0 Å². The van der Waals surface area contributed by atoms with Crippen LogP contribution in [0.2, 0.25) is 0 Å². The van der Waals surface area contributed by atoms with E-state index in [4.69, 9.17) is 9.47 Å². The van der Waals surface area contributed by atoms with E-state index in [9.17, 15) is 13.5 Å². The van der Waals surface area contributed by atoms with Gasteiger partial charge in [0.15, 0.2) is 0 Å². The predicted molar refractivity (Wildman–Crippen MR) is 64.3 cm³/mol. The molecule has 2 rings (SSSR count). The molecule has 0 aromatic heterocycles. The van der Waals surface area contributed by atoms with Crippen molar-refractivity contribution in [2.75, 3.05) is 27.3 Å². The highest BCUT2D eigenvalue weighted by atomic mass is 32.2. The van der Waals surface area contributed by atoms with Crippen LogP contribution < -0.4 is 9.47 Å². The molecule has 0 atom stereocenters. The smallest absolute Gasteiger partial charge is 0.247 e. The van der Waals surface area contributed by atoms with Crippen LogP contribution in [0.3, 0.4) is 0 Å². The lowest BCUT2D eigenvalue weighted by atomic mass is 10.2. The summed E-state index contributed by atoms with van der Waals surface area (Å²) in [6.45, 7) is 0.228. The number of methoxy groups -OCH3 is 2. The number of aliphatic hydroxyl groups is 1. The van der Waals surface area contributed by atoms with E-state index in [1.807, 2.05) is 0 Å². The molecule has 0 amide bonds. The van der Waals surface area contributed by atoms with Crippen LogP contribution in [0.15, 0.2) is 23.1 Å². The number of nitrogens with zero attached hydrogens (tertiary/aromatic N) is 1. The van der Waals surface area contributed by atoms with Crippen molar-refractivity contribution >= 4 is 10.0 Å². The first-order valence-corrected chi connectivity index (χ1v) is 6.83. The molecule has 1 heterocycles. The lowest BCUT2D eigenvalue weighted by molar-refractivity contribution is 0.0547. The average Bonchev–Trinajstić information content (AvgIpc) is 2.34. The molecule has 0 unspecified atom stereocenters. The normalized spacial score (nSPS) is 17.3. The van der Waals surface area contributed by atoms with Crippen LogP contribution in [-0.2, 0) is 10.0 Å². The molecule has 1 aromatic carbocycles. The Kier molecular flexibility index (Phi) is 3.47. The maximum Gasteiger partial charge on any atom is 0.247 e. The maximum atomic E-state index is 12.3. The maximum absolute atomic E-state index is 12.3. The Hall–Kier alpha value is -1.31. The van der Waals surface area contributed by atoms with E-state index in [0.717, 1.165) is 0 Å². The summed E-state index contributed by atoms with van der Waals surface area (Å²) in [5.74, 6) is 0.702. The van der Waals surface area contributed by atoms with Crippen LogP contribution in [0, 0.1) is 0 Å². The summed E-state index contributed by atoms with van der Waals surface area (Å²) in [6, 6.07) is 4.59. The second-order valence-corrected chi connectivity index (χ2v) is 5.90. The van der Waals surface area contributed by atoms with Gasteiger partial charge in [0.1, 0.15) is 16.4 Å². The molecule has 1 N–H and O–H groups in total. The Bertz CT molecular complexity index is 536. The highest BCUT2D eigenvalue weighted by Crippen LogP contribution is 2.32. The minimum atomic E-state index is -3.64. The van der Waals surface area contributed by atoms with E-state index < -0.39 is 16.1 Å². The van der Waals surface area contributed by atoms with Crippen molar-refractivity contribution in [2.45, 2.75) is 11.0 Å². The fourth-order valence-electron chi connectivity index (χ4n) is 1.74. The summed E-state index contributed by atoms with van der Waals surface area (Å²) in [4.78, 5) is 0.0521. The highest BCUT2D eigenvalue weighted by molar-refractivity contribution is 7.89. The van der Waals surface area contributed by atoms with Crippen molar-refractivity contribution in [2.24, 2.45) is 0 Å². The molecule has 0 spiro atoms. The Balaban J connectivity index is 2.42. The van der Waals surface area contributed by atoms with Gasteiger partial charge in [-0.1, -0.05) is 0 Å². The molecule has 0 radical (unpaired) electrons. The van der Waals surface area contributed by atoms with Gasteiger partial charge in [-0.2, -0.15) is 4.31 Å². The minimum absolute atomic E-state index is 0.0521. The first-order valence-electron chi connectivity index (χ1n) is 5.39. The first-order chi connectivity index (χ1) is 8.48. The van der Waals surface area contributed by atoms with Crippen LogP contribution >= 0.6 is 0 Å². The number of hydrogen-bond acceptors (Lipinski definition) is 5. The molecule has 1 aliphatic rings. The summed E-state index contributed by atoms with van der Waals surface area (Å²) < 4.78 is 35.8. The first kappa shape index (κ1) is 13.1. The van der Waals surface area contributed by atoms with Crippen molar-refractivity contribution in [3.63, 3.8) is 0 Å². The van der Waals surface area contributed by atoms with E-state index in [0.29, 0.717) is 5.75 Å². The van der Waals surface area contributed by atoms with E-state index >= 15 is 0 Å².